The summed E-state index contributed by atoms with van der Waals surface area (Å²) in [6.07, 6.45) is 5.22. The van der Waals surface area contributed by atoms with Crippen molar-refractivity contribution in [1.29, 1.82) is 0 Å². The van der Waals surface area contributed by atoms with Crippen LogP contribution in [-0.4, -0.2) is 36.1 Å². The van der Waals surface area contributed by atoms with E-state index in [1.807, 2.05) is 24.4 Å². The summed E-state index contributed by atoms with van der Waals surface area (Å²) in [7, 11) is 0. The Bertz CT molecular complexity index is 1240. The van der Waals surface area contributed by atoms with Crippen LogP contribution in [0.25, 0.3) is 33.6 Å². The molecule has 2 aliphatic rings. The number of hydrogen-bond acceptors (Lipinski definition) is 6. The molecule has 0 radical (unpaired) electrons. The van der Waals surface area contributed by atoms with Crippen molar-refractivity contribution in [2.45, 2.75) is 24.8 Å². The number of benzene rings is 2. The third-order valence-electron chi connectivity index (χ3n) is 6.87. The maximum Gasteiger partial charge on any atom is 0.232 e. The number of hydrogen-bond donors (Lipinski definition) is 2. The summed E-state index contributed by atoms with van der Waals surface area (Å²) in [4.78, 5) is 11.7. The lowest BCUT2D eigenvalue weighted by atomic mass is 9.72. The Morgan fingerprint density at radius 2 is 1.69 bits per heavy atom. The first kappa shape index (κ1) is 19.5. The predicted molar refractivity (Wildman–Crippen MR) is 127 cm³/mol. The first-order valence-corrected chi connectivity index (χ1v) is 11.4. The third kappa shape index (κ3) is 3.27. The molecule has 2 aromatic carbocycles. The number of nitrogens with two attached hydrogens (primary N) is 1. The Morgan fingerprint density at radius 3 is 2.38 bits per heavy atom. The van der Waals surface area contributed by atoms with Crippen LogP contribution < -0.4 is 16.0 Å². The molecule has 4 aromatic rings. The minimum atomic E-state index is -0.168. The second kappa shape index (κ2) is 7.73. The molecule has 6 heteroatoms. The van der Waals surface area contributed by atoms with Crippen LogP contribution in [0.5, 0.6) is 0 Å². The second-order valence-corrected chi connectivity index (χ2v) is 8.89. The molecule has 0 bridgehead atoms. The Labute approximate surface area is 187 Å². The fourth-order valence-electron chi connectivity index (χ4n) is 4.79. The molecule has 0 atom stereocenters. The number of furan rings is 1. The second-order valence-electron chi connectivity index (χ2n) is 8.89. The highest BCUT2D eigenvalue weighted by Gasteiger charge is 2.34. The largest absolute Gasteiger partial charge is 0.437 e. The first-order chi connectivity index (χ1) is 15.7. The molecule has 6 nitrogen and oxygen atoms in total. The maximum absolute atomic E-state index is 6.53. The van der Waals surface area contributed by atoms with Gasteiger partial charge >= 0.3 is 0 Å². The van der Waals surface area contributed by atoms with Crippen molar-refractivity contribution in [1.82, 2.24) is 15.3 Å². The number of fused-ring (bicyclic) bond motifs is 1. The van der Waals surface area contributed by atoms with Gasteiger partial charge < -0.3 is 20.4 Å². The van der Waals surface area contributed by atoms with E-state index in [2.05, 4.69) is 46.6 Å². The van der Waals surface area contributed by atoms with Crippen molar-refractivity contribution in [3.63, 3.8) is 0 Å². The van der Waals surface area contributed by atoms with Gasteiger partial charge in [0.2, 0.25) is 11.7 Å². The highest BCUT2D eigenvalue weighted by Crippen LogP contribution is 2.42. The van der Waals surface area contributed by atoms with Crippen molar-refractivity contribution in [2.24, 2.45) is 5.73 Å². The molecular formula is C26H27N5O. The molecule has 162 valence electrons. The topological polar surface area (TPSA) is 80.2 Å². The normalized spacial score (nSPS) is 18.0. The van der Waals surface area contributed by atoms with Crippen molar-refractivity contribution >= 4 is 17.0 Å². The molecule has 1 aliphatic carbocycles. The van der Waals surface area contributed by atoms with Gasteiger partial charge in [-0.15, -0.1) is 0 Å². The summed E-state index contributed by atoms with van der Waals surface area (Å²) in [5.74, 6) is 1.55. The van der Waals surface area contributed by atoms with Gasteiger partial charge in [0.1, 0.15) is 5.76 Å². The van der Waals surface area contributed by atoms with Crippen LogP contribution in [0.3, 0.4) is 0 Å². The molecule has 1 saturated heterocycles. The Morgan fingerprint density at radius 1 is 0.938 bits per heavy atom. The van der Waals surface area contributed by atoms with Crippen molar-refractivity contribution < 1.29 is 4.42 Å². The van der Waals surface area contributed by atoms with Crippen molar-refractivity contribution in [3.05, 3.63) is 66.4 Å². The maximum atomic E-state index is 6.53. The van der Waals surface area contributed by atoms with Crippen LogP contribution in [0, 0.1) is 0 Å². The van der Waals surface area contributed by atoms with Gasteiger partial charge in [0.15, 0.2) is 0 Å². The minimum absolute atomic E-state index is 0.168. The van der Waals surface area contributed by atoms with Gasteiger partial charge in [0.25, 0.3) is 0 Å². The number of nitrogens with zero attached hydrogens (tertiary/aromatic N) is 3. The lowest BCUT2D eigenvalue weighted by Gasteiger charge is -2.38. The van der Waals surface area contributed by atoms with Gasteiger partial charge in [-0.05, 0) is 30.4 Å². The molecule has 6 rings (SSSR count). The van der Waals surface area contributed by atoms with Gasteiger partial charge in [0.05, 0.1) is 5.39 Å². The first-order valence-electron chi connectivity index (χ1n) is 11.4. The number of nitrogens with one attached hydrogen (secondary N) is 1. The van der Waals surface area contributed by atoms with Crippen molar-refractivity contribution in [3.8, 4) is 22.5 Å². The molecule has 3 N–H and O–H groups in total. The van der Waals surface area contributed by atoms with E-state index < -0.39 is 0 Å². The Balaban J connectivity index is 1.47. The van der Waals surface area contributed by atoms with Crippen LogP contribution in [-0.2, 0) is 5.54 Å². The lowest BCUT2D eigenvalue weighted by Crippen LogP contribution is -2.44. The van der Waals surface area contributed by atoms with Crippen molar-refractivity contribution in [2.75, 3.05) is 31.1 Å². The average molecular weight is 426 g/mol. The van der Waals surface area contributed by atoms with E-state index in [1.54, 1.807) is 0 Å². The monoisotopic (exact) mass is 425 g/mol. The van der Waals surface area contributed by atoms with Crippen LogP contribution in [0.15, 0.2) is 65.2 Å². The highest BCUT2D eigenvalue weighted by atomic mass is 16.3. The van der Waals surface area contributed by atoms with Crippen LogP contribution in [0.4, 0.5) is 5.95 Å². The van der Waals surface area contributed by atoms with Crippen LogP contribution >= 0.6 is 0 Å². The summed E-state index contributed by atoms with van der Waals surface area (Å²) in [5, 5.41) is 4.31. The molecule has 0 spiro atoms. The van der Waals surface area contributed by atoms with Gasteiger partial charge in [0, 0.05) is 49.0 Å². The number of anilines is 1. The predicted octanol–water partition coefficient (Wildman–Crippen LogP) is 4.30. The summed E-state index contributed by atoms with van der Waals surface area (Å²) < 4.78 is 6.41. The number of aromatic nitrogens is 2. The molecule has 3 heterocycles. The summed E-state index contributed by atoms with van der Waals surface area (Å²) in [6.45, 7) is 3.67. The van der Waals surface area contributed by atoms with E-state index in [0.29, 0.717) is 5.71 Å². The Hall–Kier alpha value is -3.22. The SMILES string of the molecule is NC1(c2ccc(-c3oc4nc(N5CCNCC5)ncc4c3-c3ccccc3)cc2)CCC1. The van der Waals surface area contributed by atoms with Gasteiger partial charge in [-0.1, -0.05) is 54.6 Å². The molecule has 1 saturated carbocycles. The average Bonchev–Trinajstić information content (AvgIpc) is 3.22. The van der Waals surface area contributed by atoms with E-state index in [9.17, 15) is 0 Å². The number of piperazine rings is 1. The fraction of sp³-hybridized carbons (Fsp3) is 0.308. The molecular weight excluding hydrogens is 398 g/mol. The molecule has 2 fully saturated rings. The molecule has 0 unspecified atom stereocenters. The van der Waals surface area contributed by atoms with Gasteiger partial charge in [-0.25, -0.2) is 4.98 Å². The lowest BCUT2D eigenvalue weighted by molar-refractivity contribution is 0.253. The smallest absolute Gasteiger partial charge is 0.232 e. The summed E-state index contributed by atoms with van der Waals surface area (Å²) in [6, 6.07) is 18.9. The third-order valence-corrected chi connectivity index (χ3v) is 6.87. The quantitative estimate of drug-likeness (QED) is 0.507. The summed E-state index contributed by atoms with van der Waals surface area (Å²) >= 11 is 0. The minimum Gasteiger partial charge on any atom is -0.437 e. The number of rotatable bonds is 4. The highest BCUT2D eigenvalue weighted by molar-refractivity contribution is 6.00. The molecule has 0 amide bonds. The van der Waals surface area contributed by atoms with Gasteiger partial charge in [-0.2, -0.15) is 4.98 Å². The zero-order valence-electron chi connectivity index (χ0n) is 18.1. The van der Waals surface area contributed by atoms with E-state index in [4.69, 9.17) is 20.1 Å². The van der Waals surface area contributed by atoms with E-state index in [-0.39, 0.29) is 5.54 Å². The van der Waals surface area contributed by atoms with E-state index in [0.717, 1.165) is 72.8 Å². The van der Waals surface area contributed by atoms with Crippen LogP contribution in [0.1, 0.15) is 24.8 Å². The zero-order valence-corrected chi connectivity index (χ0v) is 18.1. The van der Waals surface area contributed by atoms with Crippen LogP contribution in [0.2, 0.25) is 0 Å². The standard InChI is InChI=1S/C26H27N5O/c27-26(11-4-12-26)20-9-7-19(8-10-20)23-22(18-5-2-1-3-6-18)21-17-29-25(30-24(21)32-23)31-15-13-28-14-16-31/h1-3,5-10,17,28H,4,11-16,27H2. The molecule has 32 heavy (non-hydrogen) atoms. The Kier molecular flexibility index (Phi) is 4.70. The molecule has 1 aliphatic heterocycles. The summed E-state index contributed by atoms with van der Waals surface area (Å²) in [5.41, 5.74) is 11.3. The van der Waals surface area contributed by atoms with E-state index in [1.165, 1.54) is 12.0 Å². The van der Waals surface area contributed by atoms with Gasteiger partial charge in [-0.3, -0.25) is 0 Å². The van der Waals surface area contributed by atoms with E-state index >= 15 is 0 Å². The fourth-order valence-corrected chi connectivity index (χ4v) is 4.79. The zero-order chi connectivity index (χ0) is 21.5. The molecule has 2 aromatic heterocycles.